The van der Waals surface area contributed by atoms with Gasteiger partial charge in [0.15, 0.2) is 0 Å². The first-order chi connectivity index (χ1) is 12.8. The molecular formula is C23H38Cl2N2O. The lowest BCUT2D eigenvalue weighted by Gasteiger charge is -2.22. The van der Waals surface area contributed by atoms with Gasteiger partial charge in [-0.25, -0.2) is 0 Å². The van der Waals surface area contributed by atoms with E-state index in [1.807, 2.05) is 0 Å². The van der Waals surface area contributed by atoms with E-state index in [-0.39, 0.29) is 24.8 Å². The van der Waals surface area contributed by atoms with Crippen LogP contribution >= 0.6 is 24.8 Å². The molecule has 3 nitrogen and oxygen atoms in total. The Kier molecular flexibility index (Phi) is 15.3. The predicted molar refractivity (Wildman–Crippen MR) is 128 cm³/mol. The fraction of sp³-hybridized carbons (Fsp3) is 0.565. The highest BCUT2D eigenvalue weighted by molar-refractivity contribution is 5.87. The lowest BCUT2D eigenvalue weighted by molar-refractivity contribution is 0.261. The lowest BCUT2D eigenvalue weighted by Crippen LogP contribution is -2.29. The van der Waals surface area contributed by atoms with Gasteiger partial charge in [0.2, 0.25) is 0 Å². The molecule has 0 unspecified atom stereocenters. The van der Waals surface area contributed by atoms with Crippen molar-refractivity contribution in [3.63, 3.8) is 0 Å². The number of halogens is 2. The molecule has 5 heteroatoms. The summed E-state index contributed by atoms with van der Waals surface area (Å²) in [6, 6.07) is 12.8. The Morgan fingerprint density at radius 1 is 0.857 bits per heavy atom. The molecular weight excluding hydrogens is 391 g/mol. The van der Waals surface area contributed by atoms with E-state index in [9.17, 15) is 0 Å². The molecule has 0 aliphatic carbocycles. The maximum atomic E-state index is 5.59. The number of unbranched alkanes of at least 4 members (excludes halogenated alkanes) is 2. The SMILES string of the molecule is CCCCN(CCCC)CCCNCc1c(OC)ccc2ccccc12.Cl.Cl. The van der Waals surface area contributed by atoms with Gasteiger partial charge >= 0.3 is 0 Å². The van der Waals surface area contributed by atoms with E-state index in [0.29, 0.717) is 0 Å². The second-order valence-electron chi connectivity index (χ2n) is 7.05. The van der Waals surface area contributed by atoms with E-state index in [4.69, 9.17) is 4.74 Å². The number of methoxy groups -OCH3 is 1. The van der Waals surface area contributed by atoms with Gasteiger partial charge in [0.1, 0.15) is 5.75 Å². The van der Waals surface area contributed by atoms with E-state index >= 15 is 0 Å². The number of fused-ring (bicyclic) bond motifs is 1. The molecule has 0 saturated carbocycles. The van der Waals surface area contributed by atoms with Gasteiger partial charge in [0.25, 0.3) is 0 Å². The zero-order chi connectivity index (χ0) is 18.6. The summed E-state index contributed by atoms with van der Waals surface area (Å²) in [6.07, 6.45) is 6.37. The average molecular weight is 429 g/mol. The lowest BCUT2D eigenvalue weighted by atomic mass is 10.0. The molecule has 0 fully saturated rings. The maximum Gasteiger partial charge on any atom is 0.123 e. The zero-order valence-corrected chi connectivity index (χ0v) is 19.3. The van der Waals surface area contributed by atoms with E-state index in [1.54, 1.807) is 7.11 Å². The number of nitrogens with one attached hydrogen (secondary N) is 1. The minimum absolute atomic E-state index is 0. The van der Waals surface area contributed by atoms with E-state index in [0.717, 1.165) is 18.8 Å². The van der Waals surface area contributed by atoms with Crippen LogP contribution < -0.4 is 10.1 Å². The fourth-order valence-electron chi connectivity index (χ4n) is 3.43. The van der Waals surface area contributed by atoms with Crippen LogP contribution in [0.4, 0.5) is 0 Å². The maximum absolute atomic E-state index is 5.59. The van der Waals surface area contributed by atoms with E-state index < -0.39 is 0 Å². The third kappa shape index (κ3) is 8.57. The van der Waals surface area contributed by atoms with Crippen LogP contribution in [0.2, 0.25) is 0 Å². The molecule has 0 aliphatic rings. The number of benzene rings is 2. The molecule has 0 saturated heterocycles. The summed E-state index contributed by atoms with van der Waals surface area (Å²) < 4.78 is 5.59. The van der Waals surface area contributed by atoms with Gasteiger partial charge in [-0.1, -0.05) is 57.0 Å². The van der Waals surface area contributed by atoms with Crippen LogP contribution in [0.25, 0.3) is 10.8 Å². The zero-order valence-electron chi connectivity index (χ0n) is 17.7. The Morgan fingerprint density at radius 2 is 1.50 bits per heavy atom. The third-order valence-corrected chi connectivity index (χ3v) is 5.00. The number of hydrogen-bond acceptors (Lipinski definition) is 3. The third-order valence-electron chi connectivity index (χ3n) is 5.00. The van der Waals surface area contributed by atoms with Crippen LogP contribution in [0, 0.1) is 0 Å². The van der Waals surface area contributed by atoms with Gasteiger partial charge in [-0.2, -0.15) is 0 Å². The van der Waals surface area contributed by atoms with Crippen LogP contribution in [0.5, 0.6) is 5.75 Å². The Balaban J connectivity index is 0.00000364. The average Bonchev–Trinajstić information content (AvgIpc) is 2.69. The molecule has 0 bridgehead atoms. The van der Waals surface area contributed by atoms with Crippen molar-refractivity contribution in [2.75, 3.05) is 33.3 Å². The fourth-order valence-corrected chi connectivity index (χ4v) is 3.43. The first-order valence-corrected chi connectivity index (χ1v) is 10.3. The number of nitrogens with zero attached hydrogens (tertiary/aromatic N) is 1. The molecule has 1 N–H and O–H groups in total. The van der Waals surface area contributed by atoms with Gasteiger partial charge in [0.05, 0.1) is 7.11 Å². The normalized spacial score (nSPS) is 10.6. The highest BCUT2D eigenvalue weighted by atomic mass is 35.5. The molecule has 0 atom stereocenters. The first kappa shape index (κ1) is 27.0. The minimum atomic E-state index is 0. The molecule has 0 heterocycles. The van der Waals surface area contributed by atoms with Crippen molar-refractivity contribution in [3.05, 3.63) is 42.0 Å². The van der Waals surface area contributed by atoms with Crippen molar-refractivity contribution in [2.45, 2.75) is 52.5 Å². The Hall–Kier alpha value is -1.000. The van der Waals surface area contributed by atoms with Crippen molar-refractivity contribution in [3.8, 4) is 5.75 Å². The molecule has 160 valence electrons. The summed E-state index contributed by atoms with van der Waals surface area (Å²) in [5.41, 5.74) is 1.26. The Bertz CT molecular complexity index is 644. The summed E-state index contributed by atoms with van der Waals surface area (Å²) in [5.74, 6) is 0.976. The van der Waals surface area contributed by atoms with E-state index in [2.05, 4.69) is 60.5 Å². The number of hydrogen-bond donors (Lipinski definition) is 1. The molecule has 0 aliphatic heterocycles. The van der Waals surface area contributed by atoms with Crippen molar-refractivity contribution in [1.29, 1.82) is 0 Å². The molecule has 28 heavy (non-hydrogen) atoms. The Morgan fingerprint density at radius 3 is 2.14 bits per heavy atom. The van der Waals surface area contributed by atoms with Gasteiger partial charge in [-0.3, -0.25) is 0 Å². The van der Waals surface area contributed by atoms with Crippen LogP contribution in [-0.4, -0.2) is 38.2 Å². The van der Waals surface area contributed by atoms with Gasteiger partial charge in [0, 0.05) is 12.1 Å². The molecule has 0 spiro atoms. The summed E-state index contributed by atoms with van der Waals surface area (Å²) >= 11 is 0. The van der Waals surface area contributed by atoms with Crippen LogP contribution in [0.3, 0.4) is 0 Å². The van der Waals surface area contributed by atoms with Crippen LogP contribution in [0.15, 0.2) is 36.4 Å². The number of ether oxygens (including phenoxy) is 1. The predicted octanol–water partition coefficient (Wildman–Crippen LogP) is 6.07. The summed E-state index contributed by atoms with van der Waals surface area (Å²) in [7, 11) is 1.76. The summed E-state index contributed by atoms with van der Waals surface area (Å²) in [4.78, 5) is 2.63. The second-order valence-corrected chi connectivity index (χ2v) is 7.05. The highest BCUT2D eigenvalue weighted by Crippen LogP contribution is 2.27. The molecule has 2 aromatic rings. The largest absolute Gasteiger partial charge is 0.496 e. The standard InChI is InChI=1S/C23H36N2O.2ClH/c1-4-6-16-25(17-7-5-2)18-10-15-24-19-22-21-12-9-8-11-20(21)13-14-23(22)26-3;;/h8-9,11-14,24H,4-7,10,15-19H2,1-3H3;2*1H. The second kappa shape index (κ2) is 15.9. The highest BCUT2D eigenvalue weighted by Gasteiger charge is 2.08. The van der Waals surface area contributed by atoms with Crippen molar-refractivity contribution >= 4 is 35.6 Å². The van der Waals surface area contributed by atoms with Gasteiger partial charge < -0.3 is 15.0 Å². The van der Waals surface area contributed by atoms with Gasteiger partial charge in [-0.05, 0) is 62.3 Å². The quantitative estimate of drug-likeness (QED) is 0.391. The van der Waals surface area contributed by atoms with Crippen molar-refractivity contribution in [1.82, 2.24) is 10.2 Å². The minimum Gasteiger partial charge on any atom is -0.496 e. The number of rotatable bonds is 13. The smallest absolute Gasteiger partial charge is 0.123 e. The molecule has 2 aromatic carbocycles. The molecule has 0 aromatic heterocycles. The van der Waals surface area contributed by atoms with Crippen LogP contribution in [-0.2, 0) is 6.54 Å². The van der Waals surface area contributed by atoms with Crippen LogP contribution in [0.1, 0.15) is 51.5 Å². The molecule has 0 radical (unpaired) electrons. The summed E-state index contributed by atoms with van der Waals surface area (Å²) in [6.45, 7) is 10.1. The van der Waals surface area contributed by atoms with Crippen molar-refractivity contribution < 1.29 is 4.74 Å². The molecule has 2 rings (SSSR count). The Labute approximate surface area is 184 Å². The summed E-state index contributed by atoms with van der Waals surface area (Å²) in [5, 5.41) is 6.19. The monoisotopic (exact) mass is 428 g/mol. The first-order valence-electron chi connectivity index (χ1n) is 10.3. The van der Waals surface area contributed by atoms with E-state index in [1.165, 1.54) is 68.1 Å². The molecule has 0 amide bonds. The van der Waals surface area contributed by atoms with Gasteiger partial charge in [-0.15, -0.1) is 24.8 Å². The topological polar surface area (TPSA) is 24.5 Å². The van der Waals surface area contributed by atoms with Crippen molar-refractivity contribution in [2.24, 2.45) is 0 Å².